The third-order valence-corrected chi connectivity index (χ3v) is 28.7. The molecule has 21 aromatic carbocycles. The van der Waals surface area contributed by atoms with Crippen LogP contribution in [-0.2, 0) is 0 Å². The molecule has 0 radical (unpaired) electrons. The van der Waals surface area contributed by atoms with E-state index in [2.05, 4.69) is 513 Å². The molecule has 0 saturated heterocycles. The van der Waals surface area contributed by atoms with Crippen molar-refractivity contribution < 1.29 is 0 Å². The molecule has 0 aliphatic heterocycles. The number of nitrogens with zero attached hydrogens (tertiary/aromatic N) is 11. The molecular formula is C133H85N11. The third-order valence-electron chi connectivity index (χ3n) is 28.7. The van der Waals surface area contributed by atoms with E-state index in [1.165, 1.54) is 131 Å². The van der Waals surface area contributed by atoms with Crippen LogP contribution in [-0.4, -0.2) is 52.3 Å². The highest BCUT2D eigenvalue weighted by atomic mass is 15.0. The normalized spacial score (nSPS) is 11.8. The van der Waals surface area contributed by atoms with Gasteiger partial charge in [-0.25, -0.2) is 24.9 Å². The molecule has 0 spiro atoms. The van der Waals surface area contributed by atoms with Crippen LogP contribution in [0.1, 0.15) is 0 Å². The monoisotopic (exact) mass is 1840 g/mol. The highest BCUT2D eigenvalue weighted by Gasteiger charge is 2.26. The van der Waals surface area contributed by atoms with Gasteiger partial charge in [0.1, 0.15) is 0 Å². The number of hydrogen-bond donors (Lipinski definition) is 0. The summed E-state index contributed by atoms with van der Waals surface area (Å²) >= 11 is 0. The Balaban J connectivity index is 0.000000105. The van der Waals surface area contributed by atoms with Crippen LogP contribution in [0.25, 0.3) is 265 Å². The molecule has 30 rings (SSSR count). The van der Waals surface area contributed by atoms with Crippen LogP contribution in [0.5, 0.6) is 0 Å². The lowest BCUT2D eigenvalue weighted by Crippen LogP contribution is -1.98. The van der Waals surface area contributed by atoms with Crippen molar-refractivity contribution in [2.45, 2.75) is 0 Å². The first-order valence-electron chi connectivity index (χ1n) is 48.9. The lowest BCUT2D eigenvalue weighted by Gasteiger charge is -2.12. The van der Waals surface area contributed by atoms with E-state index < -0.39 is 0 Å². The van der Waals surface area contributed by atoms with Crippen LogP contribution < -0.4 is 0 Å². The van der Waals surface area contributed by atoms with E-state index in [0.29, 0.717) is 5.82 Å². The van der Waals surface area contributed by atoms with Crippen molar-refractivity contribution in [3.8, 4) is 102 Å². The minimum Gasteiger partial charge on any atom is -0.309 e. The van der Waals surface area contributed by atoms with Gasteiger partial charge < -0.3 is 27.4 Å². The number of rotatable bonds is 12. The maximum absolute atomic E-state index is 5.18. The van der Waals surface area contributed by atoms with Crippen molar-refractivity contribution in [3.63, 3.8) is 0 Å². The Hall–Kier alpha value is -19.5. The number of hydrogen-bond acceptors (Lipinski definition) is 5. The molecule has 0 atom stereocenters. The molecule has 11 heteroatoms. The molecule has 30 aromatic rings. The van der Waals surface area contributed by atoms with Crippen LogP contribution in [0, 0.1) is 0 Å². The maximum Gasteiger partial charge on any atom is 0.160 e. The van der Waals surface area contributed by atoms with Crippen molar-refractivity contribution in [2.75, 3.05) is 0 Å². The van der Waals surface area contributed by atoms with E-state index in [-0.39, 0.29) is 0 Å². The van der Waals surface area contributed by atoms with Gasteiger partial charge in [-0.2, -0.15) is 0 Å². The fourth-order valence-electron chi connectivity index (χ4n) is 22.2. The van der Waals surface area contributed by atoms with Gasteiger partial charge >= 0.3 is 0 Å². The van der Waals surface area contributed by atoms with Gasteiger partial charge in [0.25, 0.3) is 0 Å². The summed E-state index contributed by atoms with van der Waals surface area (Å²) < 4.78 is 14.3. The Morgan fingerprint density at radius 1 is 0.125 bits per heavy atom. The standard InChI is InChI=1S/C45H29N3.2C44H28N4/c1-3-13-30(14-4-1)37-28-41(46-40-20-10-7-17-34(37)40)31-23-25-33(26-24-31)48-43-22-12-9-19-36(43)39-27-38-35-18-8-11-21-42(35)47(44(38)29-45(39)48)32-15-5-2-6-16-32;1-3-14-29(15-4-1)43-35-22-7-10-23-38(35)45-44(46-43)30-16-13-19-32(26-30)48-40-25-12-9-21-34(40)37-27-36-33-20-8-11-24-39(33)47(41(36)28-42(37)48)31-17-5-2-6-18-31;1-3-13-29(14-4-1)43-35-19-7-10-20-38(35)45-44(46-43)30-23-25-32(26-24-30)48-40-22-12-9-18-34(40)37-27-36-33-17-8-11-21-39(33)47(41(36)28-42(37)48)31-15-5-2-6-16-31/h1-29H;2*1-28H. The molecule has 0 fully saturated rings. The minimum atomic E-state index is 0.710. The predicted octanol–water partition coefficient (Wildman–Crippen LogP) is 34.1. The molecule has 0 saturated carbocycles. The molecule has 11 nitrogen and oxygen atoms in total. The lowest BCUT2D eigenvalue weighted by atomic mass is 9.98. The summed E-state index contributed by atoms with van der Waals surface area (Å²) in [7, 11) is 0. The van der Waals surface area contributed by atoms with Gasteiger partial charge in [-0.1, -0.05) is 334 Å². The smallest absolute Gasteiger partial charge is 0.160 e. The van der Waals surface area contributed by atoms with E-state index in [4.69, 9.17) is 24.9 Å². The van der Waals surface area contributed by atoms with Gasteiger partial charge in [0.2, 0.25) is 0 Å². The Labute approximate surface area is 827 Å². The average molecular weight is 1840 g/mol. The molecule has 9 heterocycles. The van der Waals surface area contributed by atoms with Crippen molar-refractivity contribution in [1.82, 2.24) is 52.3 Å². The molecule has 672 valence electrons. The third kappa shape index (κ3) is 13.8. The van der Waals surface area contributed by atoms with E-state index in [0.717, 1.165) is 129 Å². The van der Waals surface area contributed by atoms with Gasteiger partial charge in [0.15, 0.2) is 11.6 Å². The van der Waals surface area contributed by atoms with E-state index in [9.17, 15) is 0 Å². The lowest BCUT2D eigenvalue weighted by molar-refractivity contribution is 1.16. The topological polar surface area (TPSA) is 94.0 Å². The van der Waals surface area contributed by atoms with Crippen LogP contribution >= 0.6 is 0 Å². The summed E-state index contributed by atoms with van der Waals surface area (Å²) in [5.41, 5.74) is 34.3. The van der Waals surface area contributed by atoms with Crippen molar-refractivity contribution >= 4 is 164 Å². The molecule has 0 aliphatic rings. The summed E-state index contributed by atoms with van der Waals surface area (Å²) in [6, 6.07) is 183. The number of pyridine rings is 1. The summed E-state index contributed by atoms with van der Waals surface area (Å²) in [6.45, 7) is 0. The Morgan fingerprint density at radius 2 is 0.375 bits per heavy atom. The summed E-state index contributed by atoms with van der Waals surface area (Å²) in [6.07, 6.45) is 0. The Kier molecular flexibility index (Phi) is 19.7. The molecule has 0 amide bonds. The first-order chi connectivity index (χ1) is 71.4. The fraction of sp³-hybridized carbons (Fsp3) is 0. The molecule has 144 heavy (non-hydrogen) atoms. The highest BCUT2D eigenvalue weighted by molar-refractivity contribution is 6.23. The second-order valence-electron chi connectivity index (χ2n) is 36.9. The quantitative estimate of drug-likeness (QED) is 0.121. The molecular weight excluding hydrogens is 1750 g/mol. The first-order valence-corrected chi connectivity index (χ1v) is 48.9. The highest BCUT2D eigenvalue weighted by Crippen LogP contribution is 2.47. The number of benzene rings is 21. The molecule has 0 N–H and O–H groups in total. The zero-order chi connectivity index (χ0) is 94.8. The van der Waals surface area contributed by atoms with E-state index in [1.54, 1.807) is 0 Å². The van der Waals surface area contributed by atoms with Crippen LogP contribution in [0.15, 0.2) is 516 Å². The summed E-state index contributed by atoms with van der Waals surface area (Å²) in [4.78, 5) is 25.5. The molecule has 0 bridgehead atoms. The zero-order valence-electron chi connectivity index (χ0n) is 78.0. The zero-order valence-corrected chi connectivity index (χ0v) is 78.0. The number of fused-ring (bicyclic) bond motifs is 21. The van der Waals surface area contributed by atoms with E-state index >= 15 is 0 Å². The second kappa shape index (κ2) is 34.3. The average Bonchev–Trinajstić information content (AvgIpc) is 1.64. The number of aromatic nitrogens is 11. The Bertz CT molecular complexity index is 9920. The first kappa shape index (κ1) is 82.7. The van der Waals surface area contributed by atoms with Crippen molar-refractivity contribution in [2.24, 2.45) is 0 Å². The van der Waals surface area contributed by atoms with Gasteiger partial charge in [-0.05, 0) is 193 Å². The molecule has 9 aromatic heterocycles. The van der Waals surface area contributed by atoms with Crippen LogP contribution in [0.2, 0.25) is 0 Å². The van der Waals surface area contributed by atoms with Crippen molar-refractivity contribution in [3.05, 3.63) is 516 Å². The fourth-order valence-corrected chi connectivity index (χ4v) is 22.2. The summed E-state index contributed by atoms with van der Waals surface area (Å²) in [5.74, 6) is 1.43. The van der Waals surface area contributed by atoms with Crippen molar-refractivity contribution in [1.29, 1.82) is 0 Å². The molecule has 0 aliphatic carbocycles. The largest absolute Gasteiger partial charge is 0.309 e. The Morgan fingerprint density at radius 3 is 0.722 bits per heavy atom. The van der Waals surface area contributed by atoms with Gasteiger partial charge in [-0.15, -0.1) is 0 Å². The van der Waals surface area contributed by atoms with Gasteiger partial charge in [0, 0.05) is 143 Å². The van der Waals surface area contributed by atoms with Gasteiger partial charge in [-0.3, -0.25) is 0 Å². The summed E-state index contributed by atoms with van der Waals surface area (Å²) in [5, 5.41) is 18.2. The van der Waals surface area contributed by atoms with Gasteiger partial charge in [0.05, 0.1) is 99.8 Å². The SMILES string of the molecule is c1ccc(-c2cc(-c3ccc(-n4c5ccccc5c5cc6c7ccccc7n(-c7ccccc7)c6cc54)cc3)nc3ccccc23)cc1.c1ccc(-c2nc(-c3ccc(-n4c5ccccc5c5cc6c7ccccc7n(-c7ccccc7)c6cc54)cc3)nc3ccccc23)cc1.c1ccc(-c2nc(-c3cccc(-n4c5ccccc5c5cc6c7ccccc7n(-c7ccccc7)c6cc54)c3)nc3ccccc23)cc1. The maximum atomic E-state index is 5.18. The predicted molar refractivity (Wildman–Crippen MR) is 599 cm³/mol. The van der Waals surface area contributed by atoms with E-state index in [1.807, 2.05) is 30.3 Å². The van der Waals surface area contributed by atoms with Crippen LogP contribution in [0.3, 0.4) is 0 Å². The minimum absolute atomic E-state index is 0.710. The van der Waals surface area contributed by atoms with Crippen LogP contribution in [0.4, 0.5) is 0 Å². The molecule has 0 unspecified atom stereocenters. The number of para-hydroxylation sites is 12. The second-order valence-corrected chi connectivity index (χ2v) is 36.9.